The molecule has 3 rings (SSSR count). The average molecular weight is 449 g/mol. The van der Waals surface area contributed by atoms with Gasteiger partial charge in [0.1, 0.15) is 6.61 Å². The lowest BCUT2D eigenvalue weighted by molar-refractivity contribution is -0.151. The second-order valence-electron chi connectivity index (χ2n) is 8.99. The molecule has 7 heteroatoms. The first-order chi connectivity index (χ1) is 15.5. The Bertz CT molecular complexity index is 1100. The van der Waals surface area contributed by atoms with Crippen LogP contribution in [0.4, 0.5) is 4.79 Å². The second kappa shape index (κ2) is 9.37. The number of amides is 2. The van der Waals surface area contributed by atoms with Crippen molar-refractivity contribution >= 4 is 18.0 Å². The van der Waals surface area contributed by atoms with E-state index < -0.39 is 28.9 Å². The van der Waals surface area contributed by atoms with Crippen LogP contribution in [-0.4, -0.2) is 41.8 Å². The van der Waals surface area contributed by atoms with Gasteiger partial charge < -0.3 is 20.5 Å². The zero-order valence-electron chi connectivity index (χ0n) is 19.2. The van der Waals surface area contributed by atoms with Crippen LogP contribution in [0.1, 0.15) is 44.7 Å². The molecular formula is C26H28N2O5. The van der Waals surface area contributed by atoms with Crippen LogP contribution in [0.5, 0.6) is 0 Å². The molecule has 0 unspecified atom stereocenters. The first kappa shape index (κ1) is 23.9. The quantitative estimate of drug-likeness (QED) is 0.587. The minimum absolute atomic E-state index is 0.0418. The number of hydrogen-bond donors (Lipinski definition) is 3. The van der Waals surface area contributed by atoms with Gasteiger partial charge in [0.25, 0.3) is 5.91 Å². The molecule has 2 amide bonds. The van der Waals surface area contributed by atoms with Gasteiger partial charge in [-0.05, 0) is 55.9 Å². The van der Waals surface area contributed by atoms with Crippen LogP contribution in [0, 0.1) is 17.3 Å². The van der Waals surface area contributed by atoms with Crippen molar-refractivity contribution in [2.45, 2.75) is 39.2 Å². The maximum Gasteiger partial charge on any atom is 0.407 e. The van der Waals surface area contributed by atoms with Crippen molar-refractivity contribution in [1.82, 2.24) is 10.6 Å². The number of benzene rings is 2. The Hall–Kier alpha value is -3.79. The van der Waals surface area contributed by atoms with Gasteiger partial charge in [0, 0.05) is 5.92 Å². The third kappa shape index (κ3) is 5.01. The fourth-order valence-electron chi connectivity index (χ4n) is 3.63. The lowest BCUT2D eigenvalue weighted by atomic mass is 9.74. The molecule has 172 valence electrons. The number of alkyl carbamates (subject to hydrolysis) is 1. The van der Waals surface area contributed by atoms with Gasteiger partial charge in [-0.25, -0.2) is 4.79 Å². The summed E-state index contributed by atoms with van der Waals surface area (Å²) < 4.78 is 5.41. The van der Waals surface area contributed by atoms with Crippen molar-refractivity contribution in [3.05, 3.63) is 59.7 Å². The topological polar surface area (TPSA) is 105 Å². The van der Waals surface area contributed by atoms with Crippen LogP contribution in [0.25, 0.3) is 11.1 Å². The highest BCUT2D eigenvalue weighted by atomic mass is 16.5. The van der Waals surface area contributed by atoms with Crippen LogP contribution in [0.3, 0.4) is 0 Å². The van der Waals surface area contributed by atoms with Gasteiger partial charge in [-0.2, -0.15) is 0 Å². The van der Waals surface area contributed by atoms with Crippen molar-refractivity contribution in [2.24, 2.45) is 5.41 Å². The number of rotatable bonds is 6. The molecule has 0 heterocycles. The van der Waals surface area contributed by atoms with Gasteiger partial charge in [-0.15, -0.1) is 0 Å². The minimum Gasteiger partial charge on any atom is -0.481 e. The van der Waals surface area contributed by atoms with E-state index in [4.69, 9.17) is 4.74 Å². The molecule has 33 heavy (non-hydrogen) atoms. The number of carboxylic acids is 1. The summed E-state index contributed by atoms with van der Waals surface area (Å²) in [5.74, 6) is 3.23. The van der Waals surface area contributed by atoms with Gasteiger partial charge in [0.15, 0.2) is 0 Å². The zero-order chi connectivity index (χ0) is 24.2. The highest BCUT2D eigenvalue weighted by Gasteiger charge is 2.44. The molecule has 0 spiro atoms. The van der Waals surface area contributed by atoms with Gasteiger partial charge in [0.2, 0.25) is 0 Å². The maximum atomic E-state index is 12.1. The molecule has 0 aromatic heterocycles. The normalized spacial score (nSPS) is 12.6. The monoisotopic (exact) mass is 448 g/mol. The Morgan fingerprint density at radius 1 is 0.970 bits per heavy atom. The lowest BCUT2D eigenvalue weighted by Gasteiger charge is -2.38. The Balaban J connectivity index is 1.51. The van der Waals surface area contributed by atoms with Gasteiger partial charge in [-0.3, -0.25) is 9.59 Å². The fraction of sp³-hybridized carbons (Fsp3) is 0.346. The summed E-state index contributed by atoms with van der Waals surface area (Å²) in [6.07, 6.45) is -0.626. The van der Waals surface area contributed by atoms with Gasteiger partial charge in [0.05, 0.1) is 17.5 Å². The second-order valence-corrected chi connectivity index (χ2v) is 8.99. The smallest absolute Gasteiger partial charge is 0.407 e. The first-order valence-electron chi connectivity index (χ1n) is 10.7. The predicted molar refractivity (Wildman–Crippen MR) is 124 cm³/mol. The molecule has 0 radical (unpaired) electrons. The van der Waals surface area contributed by atoms with E-state index >= 15 is 0 Å². The van der Waals surface area contributed by atoms with Gasteiger partial charge in [-0.1, -0.05) is 54.5 Å². The average Bonchev–Trinajstić information content (AvgIpc) is 3.08. The summed E-state index contributed by atoms with van der Waals surface area (Å²) >= 11 is 0. The molecule has 0 saturated carbocycles. The third-order valence-electron chi connectivity index (χ3n) is 6.39. The number of ether oxygens (including phenoxy) is 1. The summed E-state index contributed by atoms with van der Waals surface area (Å²) in [7, 11) is 0. The Kier molecular flexibility index (Phi) is 6.78. The molecule has 0 saturated heterocycles. The third-order valence-corrected chi connectivity index (χ3v) is 6.39. The van der Waals surface area contributed by atoms with Crippen molar-refractivity contribution in [1.29, 1.82) is 0 Å². The molecule has 0 bridgehead atoms. The van der Waals surface area contributed by atoms with Crippen molar-refractivity contribution in [2.75, 3.05) is 13.2 Å². The molecule has 0 aliphatic heterocycles. The maximum absolute atomic E-state index is 12.1. The molecule has 2 aromatic carbocycles. The van der Waals surface area contributed by atoms with E-state index in [1.807, 2.05) is 36.4 Å². The first-order valence-corrected chi connectivity index (χ1v) is 10.7. The number of carbonyl (C=O) groups excluding carboxylic acids is 2. The van der Waals surface area contributed by atoms with E-state index in [1.54, 1.807) is 13.8 Å². The molecule has 1 aliphatic carbocycles. The molecular weight excluding hydrogens is 420 g/mol. The van der Waals surface area contributed by atoms with E-state index in [9.17, 15) is 19.5 Å². The highest BCUT2D eigenvalue weighted by Crippen LogP contribution is 2.44. The summed E-state index contributed by atoms with van der Waals surface area (Å²) in [5, 5.41) is 14.5. The Labute approximate surface area is 193 Å². The number of carbonyl (C=O) groups is 3. The van der Waals surface area contributed by atoms with Crippen LogP contribution in [0.2, 0.25) is 0 Å². The van der Waals surface area contributed by atoms with E-state index in [2.05, 4.69) is 34.6 Å². The molecule has 0 fully saturated rings. The van der Waals surface area contributed by atoms with Crippen molar-refractivity contribution in [3.63, 3.8) is 0 Å². The van der Waals surface area contributed by atoms with Crippen molar-refractivity contribution in [3.8, 4) is 23.0 Å². The minimum atomic E-state index is -1.19. The van der Waals surface area contributed by atoms with E-state index in [0.29, 0.717) is 0 Å². The van der Waals surface area contributed by atoms with Crippen LogP contribution < -0.4 is 10.6 Å². The molecule has 7 nitrogen and oxygen atoms in total. The summed E-state index contributed by atoms with van der Waals surface area (Å²) in [4.78, 5) is 35.7. The Morgan fingerprint density at radius 3 is 2.06 bits per heavy atom. The van der Waals surface area contributed by atoms with E-state index in [1.165, 1.54) is 13.8 Å². The fourth-order valence-corrected chi connectivity index (χ4v) is 3.63. The van der Waals surface area contributed by atoms with E-state index in [-0.39, 0.29) is 19.1 Å². The molecule has 2 aromatic rings. The number of hydrogen-bond acceptors (Lipinski definition) is 4. The highest BCUT2D eigenvalue weighted by molar-refractivity contribution is 5.94. The predicted octanol–water partition coefficient (Wildman–Crippen LogP) is 3.53. The number of aliphatic carboxylic acids is 1. The lowest BCUT2D eigenvalue weighted by Crippen LogP contribution is -2.56. The summed E-state index contributed by atoms with van der Waals surface area (Å²) in [6, 6.07) is 16.1. The number of fused-ring (bicyclic) bond motifs is 3. The standard InChI is InChI=1S/C26H28N2O5/c1-25(2,23(30)31)26(3,4)28-22(29)14-9-15-27-24(32)33-16-21-19-12-7-5-10-17(19)18-11-6-8-13-20(18)21/h5-8,10-13,21H,15-16H2,1-4H3,(H,27,32)(H,28,29)(H,30,31). The zero-order valence-corrected chi connectivity index (χ0v) is 19.2. The van der Waals surface area contributed by atoms with E-state index in [0.717, 1.165) is 22.3 Å². The number of carboxylic acid groups (broad SMARTS) is 1. The molecule has 0 atom stereocenters. The molecule has 3 N–H and O–H groups in total. The van der Waals surface area contributed by atoms with Crippen LogP contribution >= 0.6 is 0 Å². The van der Waals surface area contributed by atoms with Gasteiger partial charge >= 0.3 is 12.1 Å². The SMILES string of the molecule is CC(C)(NC(=O)C#CCNC(=O)OCC1c2ccccc2-c2ccccc21)C(C)(C)C(=O)O. The van der Waals surface area contributed by atoms with Crippen LogP contribution in [0.15, 0.2) is 48.5 Å². The summed E-state index contributed by atoms with van der Waals surface area (Å²) in [6.45, 7) is 6.41. The van der Waals surface area contributed by atoms with Crippen molar-refractivity contribution < 1.29 is 24.2 Å². The Morgan fingerprint density at radius 2 is 1.52 bits per heavy atom. The number of nitrogens with one attached hydrogen (secondary N) is 2. The molecule has 1 aliphatic rings. The largest absolute Gasteiger partial charge is 0.481 e. The summed E-state index contributed by atoms with van der Waals surface area (Å²) in [5.41, 5.74) is 2.32. The van der Waals surface area contributed by atoms with Crippen LogP contribution in [-0.2, 0) is 14.3 Å².